The Morgan fingerprint density at radius 3 is 2.83 bits per heavy atom. The summed E-state index contributed by atoms with van der Waals surface area (Å²) in [6, 6.07) is 11.3. The quantitative estimate of drug-likeness (QED) is 0.759. The van der Waals surface area contributed by atoms with Crippen LogP contribution in [0.2, 0.25) is 0 Å². The predicted octanol–water partition coefficient (Wildman–Crippen LogP) is 2.52. The Bertz CT molecular complexity index is 777. The van der Waals surface area contributed by atoms with E-state index in [1.165, 1.54) is 0 Å². The van der Waals surface area contributed by atoms with Crippen molar-refractivity contribution in [3.8, 4) is 5.69 Å². The first-order valence-corrected chi connectivity index (χ1v) is 7.59. The fourth-order valence-corrected chi connectivity index (χ4v) is 2.18. The van der Waals surface area contributed by atoms with Gasteiger partial charge in [-0.3, -0.25) is 4.79 Å². The van der Waals surface area contributed by atoms with Gasteiger partial charge in [-0.1, -0.05) is 36.8 Å². The molecule has 2 aromatic heterocycles. The van der Waals surface area contributed by atoms with Gasteiger partial charge in [0.1, 0.15) is 5.82 Å². The third kappa shape index (κ3) is 3.45. The van der Waals surface area contributed by atoms with E-state index in [0.29, 0.717) is 5.82 Å². The zero-order valence-corrected chi connectivity index (χ0v) is 12.9. The van der Waals surface area contributed by atoms with Gasteiger partial charge in [-0.2, -0.15) is 5.10 Å². The van der Waals surface area contributed by atoms with Crippen molar-refractivity contribution >= 4 is 11.7 Å². The van der Waals surface area contributed by atoms with Gasteiger partial charge >= 0.3 is 0 Å². The van der Waals surface area contributed by atoms with Crippen LogP contribution in [0.3, 0.4) is 0 Å². The van der Waals surface area contributed by atoms with Crippen LogP contribution in [0.15, 0.2) is 48.8 Å². The molecule has 0 atom stereocenters. The molecule has 0 aliphatic carbocycles. The summed E-state index contributed by atoms with van der Waals surface area (Å²) < 4.78 is 3.35. The van der Waals surface area contributed by atoms with Crippen LogP contribution < -0.4 is 5.32 Å². The Kier molecular flexibility index (Phi) is 4.46. The van der Waals surface area contributed by atoms with Crippen LogP contribution in [0.25, 0.3) is 5.69 Å². The minimum Gasteiger partial charge on any atom is -0.305 e. The van der Waals surface area contributed by atoms with Crippen LogP contribution in [-0.2, 0) is 6.54 Å². The lowest BCUT2D eigenvalue weighted by Gasteiger charge is -2.06. The summed E-state index contributed by atoms with van der Waals surface area (Å²) in [5.41, 5.74) is 1.11. The summed E-state index contributed by atoms with van der Waals surface area (Å²) in [6.45, 7) is 2.89. The predicted molar refractivity (Wildman–Crippen MR) is 86.4 cm³/mol. The second kappa shape index (κ2) is 6.87. The van der Waals surface area contributed by atoms with E-state index in [9.17, 15) is 4.79 Å². The van der Waals surface area contributed by atoms with E-state index in [1.54, 1.807) is 27.8 Å². The van der Waals surface area contributed by atoms with Crippen LogP contribution in [0.5, 0.6) is 0 Å². The highest BCUT2D eigenvalue weighted by atomic mass is 16.2. The number of anilines is 1. The highest BCUT2D eigenvalue weighted by Crippen LogP contribution is 2.11. The minimum atomic E-state index is -0.301. The van der Waals surface area contributed by atoms with Crippen molar-refractivity contribution in [2.24, 2.45) is 0 Å². The van der Waals surface area contributed by atoms with Crippen LogP contribution in [0.4, 0.5) is 5.82 Å². The van der Waals surface area contributed by atoms with Crippen molar-refractivity contribution in [3.63, 3.8) is 0 Å². The lowest BCUT2D eigenvalue weighted by molar-refractivity contribution is 0.102. The van der Waals surface area contributed by atoms with Gasteiger partial charge < -0.3 is 5.32 Å². The molecule has 3 rings (SSSR count). The maximum Gasteiger partial charge on any atom is 0.279 e. The number of unbranched alkanes of at least 4 members (excludes halogenated alkanes) is 1. The van der Waals surface area contributed by atoms with Gasteiger partial charge in [0, 0.05) is 12.6 Å². The number of rotatable bonds is 6. The number of carbonyl (C=O) groups excluding carboxylic acids is 1. The van der Waals surface area contributed by atoms with Gasteiger partial charge in [-0.05, 0) is 18.6 Å². The van der Waals surface area contributed by atoms with Crippen molar-refractivity contribution in [3.05, 3.63) is 54.5 Å². The Hall–Kier alpha value is -2.96. The number of carbonyl (C=O) groups is 1. The summed E-state index contributed by atoms with van der Waals surface area (Å²) in [6.07, 6.45) is 5.36. The molecule has 0 saturated carbocycles. The molecule has 118 valence electrons. The smallest absolute Gasteiger partial charge is 0.279 e. The number of aromatic nitrogens is 5. The van der Waals surface area contributed by atoms with Crippen LogP contribution in [-0.4, -0.2) is 30.7 Å². The van der Waals surface area contributed by atoms with Crippen LogP contribution in [0, 0.1) is 0 Å². The number of para-hydroxylation sites is 1. The van der Waals surface area contributed by atoms with Gasteiger partial charge in [0.05, 0.1) is 18.1 Å². The molecular weight excluding hydrogens is 292 g/mol. The summed E-state index contributed by atoms with van der Waals surface area (Å²) in [7, 11) is 0. The molecule has 0 spiro atoms. The number of nitrogens with zero attached hydrogens (tertiary/aromatic N) is 5. The number of amides is 1. The molecule has 0 radical (unpaired) electrons. The van der Waals surface area contributed by atoms with E-state index >= 15 is 0 Å². The molecule has 0 fully saturated rings. The van der Waals surface area contributed by atoms with Crippen molar-refractivity contribution < 1.29 is 4.79 Å². The average molecular weight is 310 g/mol. The van der Waals surface area contributed by atoms with Gasteiger partial charge in [0.15, 0.2) is 5.69 Å². The zero-order chi connectivity index (χ0) is 16.1. The largest absolute Gasteiger partial charge is 0.305 e. The minimum absolute atomic E-state index is 0.261. The Morgan fingerprint density at radius 2 is 2.04 bits per heavy atom. The second-order valence-corrected chi connectivity index (χ2v) is 5.13. The summed E-state index contributed by atoms with van der Waals surface area (Å²) in [4.78, 5) is 12.3. The molecule has 7 heteroatoms. The average Bonchev–Trinajstić information content (AvgIpc) is 3.23. The lowest BCUT2D eigenvalue weighted by atomic mass is 10.3. The molecule has 23 heavy (non-hydrogen) atoms. The Balaban J connectivity index is 1.72. The van der Waals surface area contributed by atoms with E-state index in [1.807, 2.05) is 30.3 Å². The van der Waals surface area contributed by atoms with Crippen molar-refractivity contribution in [1.29, 1.82) is 0 Å². The molecule has 0 aliphatic rings. The summed E-state index contributed by atoms with van der Waals surface area (Å²) in [5.74, 6) is 0.364. The summed E-state index contributed by atoms with van der Waals surface area (Å²) in [5, 5.41) is 15.0. The van der Waals surface area contributed by atoms with Gasteiger partial charge in [-0.15, -0.1) is 5.10 Å². The molecule has 2 heterocycles. The molecule has 3 aromatic rings. The number of aryl methyl sites for hydroxylation is 1. The molecule has 1 N–H and O–H groups in total. The van der Waals surface area contributed by atoms with Crippen molar-refractivity contribution in [2.75, 3.05) is 5.32 Å². The fraction of sp³-hybridized carbons (Fsp3) is 0.250. The highest BCUT2D eigenvalue weighted by molar-refractivity contribution is 6.02. The number of benzene rings is 1. The van der Waals surface area contributed by atoms with E-state index in [-0.39, 0.29) is 11.6 Å². The van der Waals surface area contributed by atoms with Crippen LogP contribution in [0.1, 0.15) is 30.3 Å². The Labute approximate surface area is 133 Å². The topological polar surface area (TPSA) is 77.6 Å². The molecule has 0 saturated heterocycles. The molecule has 1 aromatic carbocycles. The number of hydrogen-bond donors (Lipinski definition) is 1. The summed E-state index contributed by atoms with van der Waals surface area (Å²) >= 11 is 0. The van der Waals surface area contributed by atoms with Crippen molar-refractivity contribution in [2.45, 2.75) is 26.3 Å². The fourth-order valence-electron chi connectivity index (χ4n) is 2.18. The molecule has 0 bridgehead atoms. The van der Waals surface area contributed by atoms with E-state index in [4.69, 9.17) is 0 Å². The van der Waals surface area contributed by atoms with E-state index in [2.05, 4.69) is 27.7 Å². The van der Waals surface area contributed by atoms with Gasteiger partial charge in [0.2, 0.25) is 0 Å². The lowest BCUT2D eigenvalue weighted by Crippen LogP contribution is -2.16. The van der Waals surface area contributed by atoms with E-state index < -0.39 is 0 Å². The maximum atomic E-state index is 12.3. The van der Waals surface area contributed by atoms with E-state index in [0.717, 1.165) is 25.1 Å². The monoisotopic (exact) mass is 310 g/mol. The normalized spacial score (nSPS) is 10.7. The SMILES string of the molecule is CCCCn1nccc1NC(=O)c1cn(-c2ccccc2)nn1. The standard InChI is InChI=1S/C16H18N6O/c1-2-3-11-21-15(9-10-17-21)18-16(23)14-12-22(20-19-14)13-7-5-4-6-8-13/h4-10,12H,2-3,11H2,1H3,(H,18,23). The molecule has 1 amide bonds. The zero-order valence-electron chi connectivity index (χ0n) is 12.9. The second-order valence-electron chi connectivity index (χ2n) is 5.13. The molecular formula is C16H18N6O. The third-order valence-electron chi connectivity index (χ3n) is 3.43. The first kappa shape index (κ1) is 15.0. The number of nitrogens with one attached hydrogen (secondary N) is 1. The Morgan fingerprint density at radius 1 is 1.22 bits per heavy atom. The van der Waals surface area contributed by atoms with Gasteiger partial charge in [-0.25, -0.2) is 9.36 Å². The number of hydrogen-bond acceptors (Lipinski definition) is 4. The maximum absolute atomic E-state index is 12.3. The van der Waals surface area contributed by atoms with Crippen LogP contribution >= 0.6 is 0 Å². The third-order valence-corrected chi connectivity index (χ3v) is 3.43. The highest BCUT2D eigenvalue weighted by Gasteiger charge is 2.13. The first-order chi connectivity index (χ1) is 11.3. The van der Waals surface area contributed by atoms with Crippen molar-refractivity contribution in [1.82, 2.24) is 24.8 Å². The molecule has 0 unspecified atom stereocenters. The molecule has 7 nitrogen and oxygen atoms in total. The van der Waals surface area contributed by atoms with Gasteiger partial charge in [0.25, 0.3) is 5.91 Å². The first-order valence-electron chi connectivity index (χ1n) is 7.59. The molecule has 0 aliphatic heterocycles.